The minimum Gasteiger partial charge on any atom is -0.478 e. The van der Waals surface area contributed by atoms with E-state index in [0.717, 1.165) is 5.01 Å². The maximum Gasteiger partial charge on any atom is 0.337 e. The van der Waals surface area contributed by atoms with Gasteiger partial charge in [-0.15, -0.1) is 11.3 Å². The molecule has 1 unspecified atom stereocenters. The maximum absolute atomic E-state index is 12.0. The number of benzene rings is 1. The quantitative estimate of drug-likeness (QED) is 0.768. The van der Waals surface area contributed by atoms with Crippen molar-refractivity contribution in [2.75, 3.05) is 5.32 Å². The third kappa shape index (κ3) is 4.02. The number of hydrogen-bond donors (Lipinski definition) is 3. The molecular formula is C13H12BrN3O3S. The average Bonchev–Trinajstić information content (AvgIpc) is 2.91. The van der Waals surface area contributed by atoms with Gasteiger partial charge in [-0.2, -0.15) is 0 Å². The highest BCUT2D eigenvalue weighted by Gasteiger charge is 2.15. The molecule has 0 aliphatic heterocycles. The van der Waals surface area contributed by atoms with Crippen molar-refractivity contribution in [2.45, 2.75) is 13.0 Å². The summed E-state index contributed by atoms with van der Waals surface area (Å²) < 4.78 is 0.677. The van der Waals surface area contributed by atoms with Crippen LogP contribution in [0.25, 0.3) is 0 Å². The van der Waals surface area contributed by atoms with Gasteiger partial charge in [0.05, 0.1) is 17.3 Å². The number of urea groups is 1. The summed E-state index contributed by atoms with van der Waals surface area (Å²) in [5.74, 6) is -1.11. The van der Waals surface area contributed by atoms with Crippen LogP contribution in [-0.4, -0.2) is 22.1 Å². The maximum atomic E-state index is 12.0. The second-order valence-corrected chi connectivity index (χ2v) is 6.03. The zero-order chi connectivity index (χ0) is 15.4. The van der Waals surface area contributed by atoms with E-state index in [2.05, 4.69) is 31.5 Å². The van der Waals surface area contributed by atoms with Gasteiger partial charge >= 0.3 is 12.0 Å². The summed E-state index contributed by atoms with van der Waals surface area (Å²) in [5, 5.41) is 17.0. The number of carboxylic acid groups (broad SMARTS) is 1. The lowest BCUT2D eigenvalue weighted by molar-refractivity contribution is 0.0698. The topological polar surface area (TPSA) is 91.3 Å². The van der Waals surface area contributed by atoms with E-state index in [4.69, 9.17) is 5.11 Å². The van der Waals surface area contributed by atoms with Crippen LogP contribution in [0.5, 0.6) is 0 Å². The summed E-state index contributed by atoms with van der Waals surface area (Å²) in [6.07, 6.45) is 1.66. The molecule has 3 N–H and O–H groups in total. The van der Waals surface area contributed by atoms with E-state index < -0.39 is 12.0 Å². The molecule has 6 nitrogen and oxygen atoms in total. The Morgan fingerprint density at radius 2 is 2.19 bits per heavy atom. The number of aromatic nitrogens is 1. The number of carbonyl (C=O) groups excluding carboxylic acids is 1. The fourth-order valence-electron chi connectivity index (χ4n) is 1.67. The molecule has 8 heteroatoms. The van der Waals surface area contributed by atoms with Gasteiger partial charge in [0.1, 0.15) is 5.01 Å². The monoisotopic (exact) mass is 369 g/mol. The first-order chi connectivity index (χ1) is 9.97. The Morgan fingerprint density at radius 1 is 1.43 bits per heavy atom. The van der Waals surface area contributed by atoms with Gasteiger partial charge in [-0.1, -0.05) is 15.9 Å². The fourth-order valence-corrected chi connectivity index (χ4v) is 2.68. The molecule has 0 radical (unpaired) electrons. The summed E-state index contributed by atoms with van der Waals surface area (Å²) in [4.78, 5) is 27.2. The number of amides is 2. The molecule has 1 aromatic heterocycles. The fraction of sp³-hybridized carbons (Fsp3) is 0.154. The SMILES string of the molecule is CC(NC(=O)Nc1cc(Br)ccc1C(=O)O)c1nccs1. The van der Waals surface area contributed by atoms with Gasteiger partial charge in [0.2, 0.25) is 0 Å². The Kier molecular flexibility index (Phi) is 4.92. The molecule has 110 valence electrons. The Balaban J connectivity index is 2.09. The van der Waals surface area contributed by atoms with Crippen LogP contribution < -0.4 is 10.6 Å². The lowest BCUT2D eigenvalue weighted by Gasteiger charge is -2.14. The van der Waals surface area contributed by atoms with E-state index in [1.54, 1.807) is 19.2 Å². The molecule has 0 saturated heterocycles. The smallest absolute Gasteiger partial charge is 0.337 e. The Hall–Kier alpha value is -1.93. The molecule has 0 saturated carbocycles. The number of rotatable bonds is 4. The second kappa shape index (κ2) is 6.68. The number of halogens is 1. The van der Waals surface area contributed by atoms with Crippen LogP contribution in [0.4, 0.5) is 10.5 Å². The van der Waals surface area contributed by atoms with Crippen LogP contribution in [0.1, 0.15) is 28.3 Å². The molecule has 0 bridgehead atoms. The first-order valence-electron chi connectivity index (χ1n) is 5.97. The molecule has 0 fully saturated rings. The van der Waals surface area contributed by atoms with Gasteiger partial charge in [0, 0.05) is 16.0 Å². The normalized spacial score (nSPS) is 11.7. The van der Waals surface area contributed by atoms with Crippen molar-refractivity contribution in [1.29, 1.82) is 0 Å². The standard InChI is InChI=1S/C13H12BrN3O3S/c1-7(11-15-4-5-21-11)16-13(20)17-10-6-8(14)2-3-9(10)12(18)19/h2-7H,1H3,(H,18,19)(H2,16,17,20). The highest BCUT2D eigenvalue weighted by Crippen LogP contribution is 2.22. The average molecular weight is 370 g/mol. The van der Waals surface area contributed by atoms with Crippen molar-refractivity contribution in [3.63, 3.8) is 0 Å². The molecule has 0 aliphatic rings. The van der Waals surface area contributed by atoms with Gasteiger partial charge in [-0.05, 0) is 25.1 Å². The molecule has 1 heterocycles. The zero-order valence-electron chi connectivity index (χ0n) is 11.0. The van der Waals surface area contributed by atoms with Gasteiger partial charge < -0.3 is 15.7 Å². The Bertz CT molecular complexity index is 661. The predicted molar refractivity (Wildman–Crippen MR) is 83.8 cm³/mol. The minimum atomic E-state index is -1.11. The summed E-state index contributed by atoms with van der Waals surface area (Å²) in [7, 11) is 0. The van der Waals surface area contributed by atoms with Crippen molar-refractivity contribution in [3.05, 3.63) is 44.8 Å². The molecule has 2 rings (SSSR count). The number of carbonyl (C=O) groups is 2. The molecular weight excluding hydrogens is 358 g/mol. The van der Waals surface area contributed by atoms with Crippen LogP contribution >= 0.6 is 27.3 Å². The molecule has 2 amide bonds. The van der Waals surface area contributed by atoms with Crippen molar-refractivity contribution >= 4 is 45.0 Å². The molecule has 1 atom stereocenters. The van der Waals surface area contributed by atoms with E-state index >= 15 is 0 Å². The lowest BCUT2D eigenvalue weighted by Crippen LogP contribution is -2.31. The van der Waals surface area contributed by atoms with Gasteiger partial charge in [0.25, 0.3) is 0 Å². The van der Waals surface area contributed by atoms with E-state index in [9.17, 15) is 9.59 Å². The highest BCUT2D eigenvalue weighted by atomic mass is 79.9. The summed E-state index contributed by atoms with van der Waals surface area (Å²) >= 11 is 4.68. The van der Waals surface area contributed by atoms with E-state index in [0.29, 0.717) is 4.47 Å². The zero-order valence-corrected chi connectivity index (χ0v) is 13.4. The number of nitrogens with zero attached hydrogens (tertiary/aromatic N) is 1. The number of carboxylic acids is 1. The van der Waals surface area contributed by atoms with Crippen molar-refractivity contribution in [3.8, 4) is 0 Å². The molecule has 21 heavy (non-hydrogen) atoms. The van der Waals surface area contributed by atoms with Crippen LogP contribution in [0.15, 0.2) is 34.2 Å². The van der Waals surface area contributed by atoms with Crippen LogP contribution in [-0.2, 0) is 0 Å². The summed E-state index contributed by atoms with van der Waals surface area (Å²) in [5.41, 5.74) is 0.246. The van der Waals surface area contributed by atoms with Gasteiger partial charge in [-0.25, -0.2) is 14.6 Å². The van der Waals surface area contributed by atoms with Crippen molar-refractivity contribution in [2.24, 2.45) is 0 Å². The van der Waals surface area contributed by atoms with Gasteiger partial charge in [0.15, 0.2) is 0 Å². The number of nitrogens with one attached hydrogen (secondary N) is 2. The van der Waals surface area contributed by atoms with Crippen LogP contribution in [0.3, 0.4) is 0 Å². The molecule has 0 spiro atoms. The third-order valence-corrected chi connectivity index (χ3v) is 4.08. The van der Waals surface area contributed by atoms with Crippen molar-refractivity contribution < 1.29 is 14.7 Å². The number of thiazole rings is 1. The van der Waals surface area contributed by atoms with E-state index in [-0.39, 0.29) is 17.3 Å². The highest BCUT2D eigenvalue weighted by molar-refractivity contribution is 9.10. The molecule has 1 aromatic carbocycles. The van der Waals surface area contributed by atoms with E-state index in [1.807, 2.05) is 5.38 Å². The summed E-state index contributed by atoms with van der Waals surface area (Å²) in [6, 6.07) is 3.82. The molecule has 2 aromatic rings. The predicted octanol–water partition coefficient (Wildman–Crippen LogP) is 3.49. The Labute approximate surface area is 133 Å². The largest absolute Gasteiger partial charge is 0.478 e. The lowest BCUT2D eigenvalue weighted by atomic mass is 10.2. The van der Waals surface area contributed by atoms with Gasteiger partial charge in [-0.3, -0.25) is 0 Å². The van der Waals surface area contributed by atoms with Crippen molar-refractivity contribution in [1.82, 2.24) is 10.3 Å². The Morgan fingerprint density at radius 3 is 2.81 bits per heavy atom. The number of hydrogen-bond acceptors (Lipinski definition) is 4. The van der Waals surface area contributed by atoms with E-state index in [1.165, 1.54) is 23.5 Å². The third-order valence-electron chi connectivity index (χ3n) is 2.63. The minimum absolute atomic E-state index is 0.0234. The summed E-state index contributed by atoms with van der Waals surface area (Å²) in [6.45, 7) is 1.80. The van der Waals surface area contributed by atoms with Crippen LogP contribution in [0.2, 0.25) is 0 Å². The number of anilines is 1. The first-order valence-corrected chi connectivity index (χ1v) is 7.64. The van der Waals surface area contributed by atoms with Crippen LogP contribution in [0, 0.1) is 0 Å². The second-order valence-electron chi connectivity index (χ2n) is 4.19. The first kappa shape index (κ1) is 15.5. The molecule has 0 aliphatic carbocycles. The number of aromatic carboxylic acids is 1.